The highest BCUT2D eigenvalue weighted by atomic mass is 32.2. The van der Waals surface area contributed by atoms with Crippen molar-refractivity contribution in [3.8, 4) is 5.75 Å². The van der Waals surface area contributed by atoms with E-state index in [-0.39, 0.29) is 17.7 Å². The number of nitrogens with zero attached hydrogens (tertiary/aromatic N) is 1. The molecule has 1 N–H and O–H groups in total. The summed E-state index contributed by atoms with van der Waals surface area (Å²) in [5, 5.41) is 2.71. The molecule has 8 heteroatoms. The lowest BCUT2D eigenvalue weighted by Crippen LogP contribution is -2.45. The Kier molecular flexibility index (Phi) is 5.42. The Hall–Kier alpha value is -2.87. The van der Waals surface area contributed by atoms with Gasteiger partial charge in [0.1, 0.15) is 11.8 Å². The second kappa shape index (κ2) is 7.63. The van der Waals surface area contributed by atoms with Gasteiger partial charge in [-0.05, 0) is 50.1 Å². The Labute approximate surface area is 164 Å². The summed E-state index contributed by atoms with van der Waals surface area (Å²) in [6.45, 7) is 3.70. The van der Waals surface area contributed by atoms with E-state index in [2.05, 4.69) is 5.32 Å². The van der Waals surface area contributed by atoms with Crippen LogP contribution in [0.2, 0.25) is 0 Å². The number of carbonyl (C=O) groups is 2. The highest BCUT2D eigenvalue weighted by Crippen LogP contribution is 2.30. The molecule has 0 spiro atoms. The maximum absolute atomic E-state index is 13.0. The molecule has 2 aromatic carbocycles. The first kappa shape index (κ1) is 19.9. The summed E-state index contributed by atoms with van der Waals surface area (Å²) in [4.78, 5) is 25.2. The van der Waals surface area contributed by atoms with Crippen LogP contribution in [0.25, 0.3) is 0 Å². The predicted molar refractivity (Wildman–Crippen MR) is 105 cm³/mol. The van der Waals surface area contributed by atoms with Gasteiger partial charge in [0.15, 0.2) is 0 Å². The Morgan fingerprint density at radius 3 is 2.39 bits per heavy atom. The molecule has 1 fully saturated rings. The number of carbonyl (C=O) groups excluding carboxylic acids is 2. The number of nitrogens with one attached hydrogen (secondary N) is 1. The van der Waals surface area contributed by atoms with Crippen molar-refractivity contribution >= 4 is 27.5 Å². The fourth-order valence-electron chi connectivity index (χ4n) is 3.16. The van der Waals surface area contributed by atoms with Gasteiger partial charge >= 0.3 is 0 Å². The van der Waals surface area contributed by atoms with Crippen LogP contribution in [-0.4, -0.2) is 37.7 Å². The van der Waals surface area contributed by atoms with Crippen LogP contribution in [0.15, 0.2) is 47.4 Å². The summed E-state index contributed by atoms with van der Waals surface area (Å²) < 4.78 is 32.0. The molecule has 1 aliphatic rings. The van der Waals surface area contributed by atoms with Crippen molar-refractivity contribution in [1.82, 2.24) is 4.31 Å². The lowest BCUT2D eigenvalue weighted by atomic mass is 10.1. The summed E-state index contributed by atoms with van der Waals surface area (Å²) in [6.07, 6.45) is 0.123. The largest absolute Gasteiger partial charge is 0.495 e. The molecular weight excluding hydrogens is 380 g/mol. The van der Waals surface area contributed by atoms with E-state index in [1.807, 2.05) is 19.9 Å². The lowest BCUT2D eigenvalue weighted by molar-refractivity contribution is -0.128. The number of rotatable bonds is 5. The first-order valence-corrected chi connectivity index (χ1v) is 10.3. The molecule has 0 unspecified atom stereocenters. The van der Waals surface area contributed by atoms with Crippen molar-refractivity contribution in [3.63, 3.8) is 0 Å². The average molecular weight is 402 g/mol. The summed E-state index contributed by atoms with van der Waals surface area (Å²) in [7, 11) is -2.64. The van der Waals surface area contributed by atoms with Crippen LogP contribution in [-0.2, 0) is 19.6 Å². The van der Waals surface area contributed by atoms with Crippen molar-refractivity contribution < 1.29 is 22.7 Å². The van der Waals surface area contributed by atoms with Gasteiger partial charge in [-0.3, -0.25) is 9.59 Å². The van der Waals surface area contributed by atoms with Crippen LogP contribution in [0.5, 0.6) is 5.75 Å². The van der Waals surface area contributed by atoms with Crippen molar-refractivity contribution in [2.24, 2.45) is 0 Å². The molecular formula is C20H22N2O5S. The number of sulfonamides is 1. The number of hydrogen-bond acceptors (Lipinski definition) is 5. The third-order valence-corrected chi connectivity index (χ3v) is 6.50. The first-order valence-electron chi connectivity index (χ1n) is 8.83. The minimum atomic E-state index is -4.12. The molecule has 1 saturated heterocycles. The fraction of sp³-hybridized carbons (Fsp3) is 0.300. The first-order chi connectivity index (χ1) is 13.2. The highest BCUT2D eigenvalue weighted by Gasteiger charge is 2.44. The van der Waals surface area contributed by atoms with Crippen LogP contribution in [0.4, 0.5) is 5.69 Å². The number of benzene rings is 2. The molecule has 3 rings (SSSR count). The van der Waals surface area contributed by atoms with Gasteiger partial charge in [-0.2, -0.15) is 0 Å². The number of anilines is 1. The van der Waals surface area contributed by atoms with Gasteiger partial charge in [0.2, 0.25) is 11.8 Å². The number of hydrogen-bond donors (Lipinski definition) is 1. The van der Waals surface area contributed by atoms with Crippen molar-refractivity contribution in [2.75, 3.05) is 12.4 Å². The minimum absolute atomic E-state index is 0.00582. The summed E-state index contributed by atoms with van der Waals surface area (Å²) in [6, 6.07) is 10.4. The molecule has 2 aromatic rings. The van der Waals surface area contributed by atoms with Gasteiger partial charge in [-0.1, -0.05) is 23.8 Å². The van der Waals surface area contributed by atoms with Gasteiger partial charge in [0.05, 0.1) is 17.7 Å². The number of amides is 2. The van der Waals surface area contributed by atoms with Crippen LogP contribution >= 0.6 is 0 Å². The lowest BCUT2D eigenvalue weighted by Gasteiger charge is -2.24. The van der Waals surface area contributed by atoms with Gasteiger partial charge < -0.3 is 10.1 Å². The van der Waals surface area contributed by atoms with Crippen LogP contribution in [0, 0.1) is 13.8 Å². The second-order valence-electron chi connectivity index (χ2n) is 6.76. The minimum Gasteiger partial charge on any atom is -0.495 e. The molecule has 1 atom stereocenters. The predicted octanol–water partition coefficient (Wildman–Crippen LogP) is 2.63. The Bertz CT molecular complexity index is 1020. The molecule has 0 bridgehead atoms. The molecule has 0 aliphatic carbocycles. The Morgan fingerprint density at radius 2 is 1.75 bits per heavy atom. The Balaban J connectivity index is 1.91. The van der Waals surface area contributed by atoms with Crippen LogP contribution in [0.3, 0.4) is 0 Å². The standard InChI is InChI=1S/C20H22N2O5S/c1-13-4-7-15(8-5-13)28(25,26)22-17(9-11-19(22)23)20(24)21-16-12-14(2)6-10-18(16)27-3/h4-8,10,12,17H,9,11H2,1-3H3,(H,21,24)/t17-/m0/s1. The van der Waals surface area contributed by atoms with Gasteiger partial charge in [-0.15, -0.1) is 0 Å². The highest BCUT2D eigenvalue weighted by molar-refractivity contribution is 7.89. The second-order valence-corrected chi connectivity index (χ2v) is 8.57. The third-order valence-electron chi connectivity index (χ3n) is 4.65. The Morgan fingerprint density at radius 1 is 1.11 bits per heavy atom. The molecule has 0 radical (unpaired) electrons. The zero-order valence-corrected chi connectivity index (χ0v) is 16.7. The fourth-order valence-corrected chi connectivity index (χ4v) is 4.76. The SMILES string of the molecule is COc1ccc(C)cc1NC(=O)[C@@H]1CCC(=O)N1S(=O)(=O)c1ccc(C)cc1. The summed E-state index contributed by atoms with van der Waals surface area (Å²) in [5.74, 6) is -0.696. The maximum atomic E-state index is 13.0. The van der Waals surface area contributed by atoms with E-state index in [9.17, 15) is 18.0 Å². The molecule has 0 saturated carbocycles. The molecule has 0 aromatic heterocycles. The maximum Gasteiger partial charge on any atom is 0.267 e. The summed E-state index contributed by atoms with van der Waals surface area (Å²) in [5.41, 5.74) is 2.23. The topological polar surface area (TPSA) is 92.8 Å². The molecule has 28 heavy (non-hydrogen) atoms. The van der Waals surface area contributed by atoms with E-state index in [0.717, 1.165) is 11.1 Å². The van der Waals surface area contributed by atoms with E-state index in [4.69, 9.17) is 4.74 Å². The van der Waals surface area contributed by atoms with Gasteiger partial charge in [0.25, 0.3) is 10.0 Å². The van der Waals surface area contributed by atoms with Crippen LogP contribution in [0.1, 0.15) is 24.0 Å². The summed E-state index contributed by atoms with van der Waals surface area (Å²) >= 11 is 0. The average Bonchev–Trinajstić information content (AvgIpc) is 3.05. The van der Waals surface area contributed by atoms with Crippen molar-refractivity contribution in [1.29, 1.82) is 0 Å². The molecule has 1 aliphatic heterocycles. The zero-order chi connectivity index (χ0) is 20.5. The molecule has 1 heterocycles. The van der Waals surface area contributed by atoms with Crippen molar-refractivity contribution in [2.45, 2.75) is 37.6 Å². The number of ether oxygens (including phenoxy) is 1. The van der Waals surface area contributed by atoms with E-state index in [0.29, 0.717) is 15.7 Å². The van der Waals surface area contributed by atoms with E-state index < -0.39 is 27.9 Å². The number of aryl methyl sites for hydroxylation is 2. The normalized spacial score (nSPS) is 16.9. The van der Waals surface area contributed by atoms with Gasteiger partial charge in [-0.25, -0.2) is 12.7 Å². The molecule has 7 nitrogen and oxygen atoms in total. The smallest absolute Gasteiger partial charge is 0.267 e. The van der Waals surface area contributed by atoms with E-state index in [1.54, 1.807) is 24.3 Å². The van der Waals surface area contributed by atoms with E-state index >= 15 is 0 Å². The monoisotopic (exact) mass is 402 g/mol. The van der Waals surface area contributed by atoms with Crippen LogP contribution < -0.4 is 10.1 Å². The quantitative estimate of drug-likeness (QED) is 0.830. The zero-order valence-electron chi connectivity index (χ0n) is 15.9. The van der Waals surface area contributed by atoms with E-state index in [1.165, 1.54) is 19.2 Å². The van der Waals surface area contributed by atoms with Gasteiger partial charge in [0, 0.05) is 6.42 Å². The number of methoxy groups -OCH3 is 1. The molecule has 2 amide bonds. The third kappa shape index (κ3) is 3.73. The van der Waals surface area contributed by atoms with Crippen molar-refractivity contribution in [3.05, 3.63) is 53.6 Å². The molecule has 148 valence electrons.